The lowest BCUT2D eigenvalue weighted by Gasteiger charge is -2.23. The molecule has 2 heterocycles. The number of amides is 2. The van der Waals surface area contributed by atoms with Crippen LogP contribution in [0, 0.1) is 4.84 Å². The molecule has 5 rings (SSSR count). The van der Waals surface area contributed by atoms with Gasteiger partial charge >= 0.3 is 0 Å². The van der Waals surface area contributed by atoms with Gasteiger partial charge in [-0.1, -0.05) is 47.6 Å². The molecule has 1 aliphatic heterocycles. The summed E-state index contributed by atoms with van der Waals surface area (Å²) in [7, 11) is 0. The van der Waals surface area contributed by atoms with Crippen molar-refractivity contribution < 1.29 is 14.1 Å². The molecule has 0 fully saturated rings. The number of hydrogen-bond acceptors (Lipinski definition) is 5. The topological polar surface area (TPSA) is 91.2 Å². The van der Waals surface area contributed by atoms with Gasteiger partial charge in [0, 0.05) is 16.6 Å². The Kier molecular flexibility index (Phi) is 3.99. The van der Waals surface area contributed by atoms with E-state index in [4.69, 9.17) is 16.7 Å². The van der Waals surface area contributed by atoms with Gasteiger partial charge in [0.25, 0.3) is 4.84 Å². The van der Waals surface area contributed by atoms with E-state index in [1.165, 1.54) is 0 Å². The standard InChI is InChI=1S/C21H14N4O3S/c26-17-11-18(27)25(14-6-3-5-13(10-14)20-23-21(29)28-24-20)16-9-8-12-4-1-2-7-15(12)19(16)22-17/h1-10H,11H2,(H,22,26)(H,23,24,29). The van der Waals surface area contributed by atoms with Gasteiger partial charge in [-0.05, 0) is 35.8 Å². The molecule has 0 saturated heterocycles. The van der Waals surface area contributed by atoms with Crippen LogP contribution in [0.25, 0.3) is 22.2 Å². The minimum atomic E-state index is -0.341. The number of anilines is 3. The summed E-state index contributed by atoms with van der Waals surface area (Å²) in [4.78, 5) is 29.9. The Morgan fingerprint density at radius 2 is 1.90 bits per heavy atom. The highest BCUT2D eigenvalue weighted by atomic mass is 32.1. The van der Waals surface area contributed by atoms with Crippen LogP contribution < -0.4 is 10.2 Å². The van der Waals surface area contributed by atoms with Crippen LogP contribution in [-0.2, 0) is 9.59 Å². The average molecular weight is 402 g/mol. The van der Waals surface area contributed by atoms with Crippen molar-refractivity contribution in [3.8, 4) is 11.4 Å². The summed E-state index contributed by atoms with van der Waals surface area (Å²) in [6.07, 6.45) is -0.250. The van der Waals surface area contributed by atoms with E-state index in [1.54, 1.807) is 11.0 Å². The number of carbonyl (C=O) groups is 2. The zero-order chi connectivity index (χ0) is 20.0. The molecule has 0 bridgehead atoms. The molecule has 8 heteroatoms. The SMILES string of the molecule is O=C1CC(=O)N(c2cccc(-c3noc(=S)[nH]3)c2)c2ccc3ccccc3c2N1. The molecule has 0 spiro atoms. The molecule has 1 aliphatic rings. The smallest absolute Gasteiger partial charge is 0.295 e. The average Bonchev–Trinajstić information content (AvgIpc) is 3.10. The number of nitrogens with one attached hydrogen (secondary N) is 2. The summed E-state index contributed by atoms with van der Waals surface area (Å²) >= 11 is 4.94. The monoisotopic (exact) mass is 402 g/mol. The summed E-state index contributed by atoms with van der Waals surface area (Å²) in [6, 6.07) is 18.8. The zero-order valence-electron chi connectivity index (χ0n) is 15.0. The van der Waals surface area contributed by atoms with Gasteiger partial charge in [0.2, 0.25) is 11.8 Å². The number of H-pyrrole nitrogens is 1. The van der Waals surface area contributed by atoms with Crippen LogP contribution in [0.2, 0.25) is 0 Å². The normalized spacial score (nSPS) is 13.9. The maximum Gasteiger partial charge on any atom is 0.295 e. The summed E-state index contributed by atoms with van der Waals surface area (Å²) in [5.74, 6) is -0.194. The van der Waals surface area contributed by atoms with Crippen molar-refractivity contribution >= 4 is 51.9 Å². The molecule has 3 aromatic carbocycles. The van der Waals surface area contributed by atoms with Crippen molar-refractivity contribution in [2.24, 2.45) is 0 Å². The fourth-order valence-electron chi connectivity index (χ4n) is 3.54. The Hall–Kier alpha value is -3.78. The van der Waals surface area contributed by atoms with E-state index < -0.39 is 0 Å². The summed E-state index contributed by atoms with van der Waals surface area (Å²) in [5.41, 5.74) is 2.55. The van der Waals surface area contributed by atoms with Crippen molar-refractivity contribution in [1.82, 2.24) is 10.1 Å². The Bertz CT molecular complexity index is 1340. The quantitative estimate of drug-likeness (QED) is 0.379. The summed E-state index contributed by atoms with van der Waals surface area (Å²) in [6.45, 7) is 0. The molecule has 0 unspecified atom stereocenters. The lowest BCUT2D eigenvalue weighted by Crippen LogP contribution is -2.26. The molecule has 0 atom stereocenters. The van der Waals surface area contributed by atoms with E-state index in [0.29, 0.717) is 28.5 Å². The second-order valence-electron chi connectivity index (χ2n) is 6.63. The molecule has 7 nitrogen and oxygen atoms in total. The third kappa shape index (κ3) is 2.99. The van der Waals surface area contributed by atoms with E-state index >= 15 is 0 Å². The van der Waals surface area contributed by atoms with Gasteiger partial charge < -0.3 is 9.84 Å². The molecule has 2 N–H and O–H groups in total. The minimum Gasteiger partial charge on any atom is -0.324 e. The first kappa shape index (κ1) is 17.3. The van der Waals surface area contributed by atoms with Gasteiger partial charge in [0.1, 0.15) is 6.42 Å². The first-order chi connectivity index (χ1) is 14.1. The van der Waals surface area contributed by atoms with E-state index in [2.05, 4.69) is 15.5 Å². The fourth-order valence-corrected chi connectivity index (χ4v) is 3.68. The number of benzene rings is 3. The van der Waals surface area contributed by atoms with Gasteiger partial charge in [0.15, 0.2) is 5.82 Å². The predicted octanol–water partition coefficient (Wildman–Crippen LogP) is 4.56. The number of hydrogen-bond donors (Lipinski definition) is 2. The molecular weight excluding hydrogens is 388 g/mol. The molecule has 0 saturated carbocycles. The summed E-state index contributed by atoms with van der Waals surface area (Å²) < 4.78 is 4.94. The highest BCUT2D eigenvalue weighted by molar-refractivity contribution is 7.71. The van der Waals surface area contributed by atoms with E-state index in [0.717, 1.165) is 10.8 Å². The number of carbonyl (C=O) groups excluding carboxylic acids is 2. The molecule has 0 radical (unpaired) electrons. The van der Waals surface area contributed by atoms with Gasteiger partial charge in [-0.25, -0.2) is 0 Å². The lowest BCUT2D eigenvalue weighted by atomic mass is 10.1. The minimum absolute atomic E-state index is 0.169. The van der Waals surface area contributed by atoms with Crippen LogP contribution in [0.5, 0.6) is 0 Å². The second kappa shape index (κ2) is 6.68. The highest BCUT2D eigenvalue weighted by Crippen LogP contribution is 2.40. The van der Waals surface area contributed by atoms with Crippen LogP contribution in [0.15, 0.2) is 65.2 Å². The lowest BCUT2D eigenvalue weighted by molar-refractivity contribution is -0.124. The van der Waals surface area contributed by atoms with Gasteiger partial charge in [0.05, 0.1) is 11.4 Å². The van der Waals surface area contributed by atoms with Crippen LogP contribution in [0.4, 0.5) is 17.1 Å². The van der Waals surface area contributed by atoms with Crippen molar-refractivity contribution in [3.05, 3.63) is 65.5 Å². The maximum absolute atomic E-state index is 13.0. The molecule has 1 aromatic heterocycles. The highest BCUT2D eigenvalue weighted by Gasteiger charge is 2.29. The van der Waals surface area contributed by atoms with Gasteiger partial charge in [-0.3, -0.25) is 19.5 Å². The largest absolute Gasteiger partial charge is 0.324 e. The Labute approximate surface area is 169 Å². The third-order valence-corrected chi connectivity index (χ3v) is 4.97. The fraction of sp³-hybridized carbons (Fsp3) is 0.0476. The first-order valence-electron chi connectivity index (χ1n) is 8.91. The van der Waals surface area contributed by atoms with Crippen molar-refractivity contribution in [1.29, 1.82) is 0 Å². The molecule has 0 aliphatic carbocycles. The van der Waals surface area contributed by atoms with Crippen LogP contribution in [-0.4, -0.2) is 22.0 Å². The number of aromatic nitrogens is 2. The number of aromatic amines is 1. The summed E-state index contributed by atoms with van der Waals surface area (Å²) in [5, 5.41) is 8.65. The Balaban J connectivity index is 1.71. The van der Waals surface area contributed by atoms with Crippen LogP contribution >= 0.6 is 12.2 Å². The van der Waals surface area contributed by atoms with E-state index in [-0.39, 0.29) is 23.1 Å². The third-order valence-electron chi connectivity index (χ3n) is 4.79. The Morgan fingerprint density at radius 1 is 1.03 bits per heavy atom. The van der Waals surface area contributed by atoms with Gasteiger partial charge in [-0.15, -0.1) is 0 Å². The molecule has 142 valence electrons. The van der Waals surface area contributed by atoms with E-state index in [9.17, 15) is 9.59 Å². The van der Waals surface area contributed by atoms with Gasteiger partial charge in [-0.2, -0.15) is 0 Å². The first-order valence-corrected chi connectivity index (χ1v) is 9.32. The second-order valence-corrected chi connectivity index (χ2v) is 7.00. The van der Waals surface area contributed by atoms with Crippen LogP contribution in [0.1, 0.15) is 6.42 Å². The van der Waals surface area contributed by atoms with E-state index in [1.807, 2.05) is 54.6 Å². The Morgan fingerprint density at radius 3 is 2.72 bits per heavy atom. The predicted molar refractivity (Wildman–Crippen MR) is 111 cm³/mol. The van der Waals surface area contributed by atoms with Crippen molar-refractivity contribution in [3.63, 3.8) is 0 Å². The number of rotatable bonds is 2. The van der Waals surface area contributed by atoms with Crippen molar-refractivity contribution in [2.75, 3.05) is 10.2 Å². The molecule has 29 heavy (non-hydrogen) atoms. The molecule has 4 aromatic rings. The molecular formula is C21H14N4O3S. The van der Waals surface area contributed by atoms with Crippen molar-refractivity contribution in [2.45, 2.75) is 6.42 Å². The van der Waals surface area contributed by atoms with Crippen LogP contribution in [0.3, 0.4) is 0 Å². The number of nitrogens with zero attached hydrogens (tertiary/aromatic N) is 2. The zero-order valence-corrected chi connectivity index (χ0v) is 15.8. The molecule has 2 amide bonds. The number of fused-ring (bicyclic) bond motifs is 3. The maximum atomic E-state index is 13.0.